The van der Waals surface area contributed by atoms with Crippen LogP contribution in [-0.4, -0.2) is 155 Å². The molecule has 1 fully saturated rings. The van der Waals surface area contributed by atoms with E-state index in [2.05, 4.69) is 19.2 Å². The van der Waals surface area contributed by atoms with Gasteiger partial charge in [0.25, 0.3) is 0 Å². The van der Waals surface area contributed by atoms with Crippen LogP contribution in [0.3, 0.4) is 0 Å². The maximum absolute atomic E-state index is 12.1. The molecule has 22 heteroatoms. The van der Waals surface area contributed by atoms with Gasteiger partial charge in [-0.3, -0.25) is 0 Å². The number of carbonyl (C=O) groups is 7. The average Bonchev–Trinajstić information content (AvgIpc) is 3.12. The lowest BCUT2D eigenvalue weighted by molar-refractivity contribution is -0.270. The molecule has 1 aliphatic heterocycles. The maximum atomic E-state index is 12.1. The van der Waals surface area contributed by atoms with Crippen molar-refractivity contribution in [2.24, 2.45) is 0 Å². The molecule has 0 spiro atoms. The predicted octanol–water partition coefficient (Wildman–Crippen LogP) is 0.288. The van der Waals surface area contributed by atoms with E-state index in [1.165, 1.54) is 28.1 Å². The Labute approximate surface area is 298 Å². The molecule has 300 valence electrons. The summed E-state index contributed by atoms with van der Waals surface area (Å²) in [5.41, 5.74) is -2.85. The van der Waals surface area contributed by atoms with Gasteiger partial charge in [-0.2, -0.15) is 0 Å². The second-order valence-electron chi connectivity index (χ2n) is 11.7. The lowest BCUT2D eigenvalue weighted by Crippen LogP contribution is -2.44. The van der Waals surface area contributed by atoms with Crippen LogP contribution >= 0.6 is 0 Å². The summed E-state index contributed by atoms with van der Waals surface area (Å²) in [6, 6.07) is 0. The molecule has 1 aliphatic rings. The summed E-state index contributed by atoms with van der Waals surface area (Å²) < 4.78 is 52.7. The molecule has 0 bridgehead atoms. The summed E-state index contributed by atoms with van der Waals surface area (Å²) in [7, 11) is 4.13. The van der Waals surface area contributed by atoms with E-state index in [4.69, 9.17) is 42.6 Å². The minimum Gasteiger partial charge on any atom is -0.448 e. The Bertz CT molecular complexity index is 1110. The van der Waals surface area contributed by atoms with Crippen LogP contribution in [-0.2, 0) is 81.1 Å². The van der Waals surface area contributed by atoms with Crippen molar-refractivity contribution >= 4 is 42.3 Å². The van der Waals surface area contributed by atoms with E-state index >= 15 is 0 Å². The summed E-state index contributed by atoms with van der Waals surface area (Å²) in [5.74, 6) is -5.07. The van der Waals surface area contributed by atoms with Crippen LogP contribution < -0.4 is 0 Å². The van der Waals surface area contributed by atoms with Gasteiger partial charge in [0.1, 0.15) is 43.2 Å². The van der Waals surface area contributed by atoms with E-state index < -0.39 is 96.8 Å². The highest BCUT2D eigenvalue weighted by molar-refractivity contribution is 5.84. The van der Waals surface area contributed by atoms with Crippen molar-refractivity contribution in [3.05, 3.63) is 0 Å². The average molecular weight is 761 g/mol. The van der Waals surface area contributed by atoms with E-state index in [1.54, 1.807) is 7.11 Å². The molecule has 0 aliphatic carbocycles. The van der Waals surface area contributed by atoms with Gasteiger partial charge in [0.2, 0.25) is 12.2 Å². The first-order chi connectivity index (χ1) is 24.1. The monoisotopic (exact) mass is 760 g/mol. The Morgan fingerprint density at radius 2 is 0.981 bits per heavy atom. The number of esters is 2. The van der Waals surface area contributed by atoms with Crippen LogP contribution in [0.5, 0.6) is 0 Å². The van der Waals surface area contributed by atoms with Crippen LogP contribution in [0.25, 0.3) is 0 Å². The molecule has 6 atom stereocenters. The van der Waals surface area contributed by atoms with Crippen molar-refractivity contribution < 1.29 is 106 Å². The minimum absolute atomic E-state index is 0.266. The summed E-state index contributed by atoms with van der Waals surface area (Å²) in [6.07, 6.45) is -9.51. The van der Waals surface area contributed by atoms with Crippen molar-refractivity contribution in [1.29, 1.82) is 0 Å². The molecule has 0 aromatic rings. The molecular formula is C30H48O22. The molecule has 1 heterocycles. The number of rotatable bonds is 17. The maximum Gasteiger partial charge on any atom is 0.509 e. The fourth-order valence-corrected chi connectivity index (χ4v) is 2.69. The topological polar surface area (TPSA) is 280 Å². The quantitative estimate of drug-likeness (QED) is 0.0872. The molecular weight excluding hydrogens is 712 g/mol. The van der Waals surface area contributed by atoms with Gasteiger partial charge in [-0.05, 0) is 48.5 Å². The first-order valence-electron chi connectivity index (χ1n) is 15.3. The zero-order valence-corrected chi connectivity index (χ0v) is 30.6. The summed E-state index contributed by atoms with van der Waals surface area (Å²) >= 11 is 0. The molecule has 1 rings (SSSR count). The van der Waals surface area contributed by atoms with E-state index in [-0.39, 0.29) is 26.4 Å². The second-order valence-corrected chi connectivity index (χ2v) is 11.7. The largest absolute Gasteiger partial charge is 0.509 e. The first kappa shape index (κ1) is 47.5. The molecule has 22 nitrogen and oxygen atoms in total. The Morgan fingerprint density at radius 3 is 1.27 bits per heavy atom. The number of hydrogen-bond acceptors (Lipinski definition) is 22. The van der Waals surface area contributed by atoms with Gasteiger partial charge in [-0.25, -0.2) is 43.3 Å². The van der Waals surface area contributed by atoms with E-state index in [0.717, 1.165) is 27.7 Å². The van der Waals surface area contributed by atoms with Gasteiger partial charge in [0, 0.05) is 21.3 Å². The Morgan fingerprint density at radius 1 is 0.654 bits per heavy atom. The number of methoxy groups -OCH3 is 3. The molecule has 2 N–H and O–H groups in total. The molecule has 0 aromatic carbocycles. The smallest absolute Gasteiger partial charge is 0.448 e. The first-order valence-corrected chi connectivity index (χ1v) is 15.3. The van der Waals surface area contributed by atoms with Gasteiger partial charge in [0.15, 0.2) is 12.2 Å². The normalized spacial score (nSPS) is 17.8. The summed E-state index contributed by atoms with van der Waals surface area (Å²) in [6.45, 7) is 7.91. The van der Waals surface area contributed by atoms with Gasteiger partial charge in [-0.1, -0.05) is 0 Å². The van der Waals surface area contributed by atoms with Gasteiger partial charge in [-0.15, -0.1) is 0 Å². The summed E-state index contributed by atoms with van der Waals surface area (Å²) in [4.78, 5) is 90.6. The molecule has 1 saturated heterocycles. The lowest BCUT2D eigenvalue weighted by atomic mass is 10.1. The predicted molar refractivity (Wildman–Crippen MR) is 165 cm³/mol. The Kier molecular flexibility index (Phi) is 20.5. The fraction of sp³-hybridized carbons (Fsp3) is 0.767. The van der Waals surface area contributed by atoms with E-state index in [0.29, 0.717) is 0 Å². The number of carbonyl (C=O) groups excluding carboxylic acids is 7. The lowest BCUT2D eigenvalue weighted by Gasteiger charge is -2.30. The Hall–Kier alpha value is -4.51. The minimum atomic E-state index is -1.64. The van der Waals surface area contributed by atoms with Crippen LogP contribution in [0, 0.1) is 0 Å². The van der Waals surface area contributed by atoms with Crippen LogP contribution in [0.4, 0.5) is 14.4 Å². The molecule has 0 aromatic heterocycles. The standard InChI is InChI=1S/C24H38O18.C6H10O4/c1-13(39-21(31)35-11-23(5,9-25)33-7)17(27)37-15(3)19(29)41-42-20(30)16(4)38-18(28)14(2)40-22(32)36-12-24(6,10-26)34-8;1-6(8-2)3-9-5(7)10-4-6/h13-16,25-26H,9-12H2,1-8H3;3-4H2,1-2H3/t13-,14+,15-,16+,23?,24?;. The number of aliphatic hydroxyl groups is 2. The van der Waals surface area contributed by atoms with Crippen molar-refractivity contribution in [3.63, 3.8) is 0 Å². The van der Waals surface area contributed by atoms with Crippen LogP contribution in [0.15, 0.2) is 0 Å². The second kappa shape index (κ2) is 22.4. The van der Waals surface area contributed by atoms with Crippen molar-refractivity contribution in [2.45, 2.75) is 89.7 Å². The van der Waals surface area contributed by atoms with Crippen molar-refractivity contribution in [3.8, 4) is 0 Å². The number of hydrogen-bond donors (Lipinski definition) is 2. The molecule has 0 saturated carbocycles. The van der Waals surface area contributed by atoms with Gasteiger partial charge >= 0.3 is 42.3 Å². The van der Waals surface area contributed by atoms with E-state index in [1.807, 2.05) is 6.92 Å². The third-order valence-corrected chi connectivity index (χ3v) is 6.79. The van der Waals surface area contributed by atoms with E-state index in [9.17, 15) is 43.8 Å². The fourth-order valence-electron chi connectivity index (χ4n) is 2.69. The van der Waals surface area contributed by atoms with Crippen molar-refractivity contribution in [1.82, 2.24) is 0 Å². The molecule has 0 radical (unpaired) electrons. The molecule has 0 amide bonds. The molecule has 52 heavy (non-hydrogen) atoms. The van der Waals surface area contributed by atoms with Gasteiger partial charge < -0.3 is 62.3 Å². The van der Waals surface area contributed by atoms with Crippen LogP contribution in [0.2, 0.25) is 0 Å². The zero-order valence-electron chi connectivity index (χ0n) is 30.6. The SMILES string of the molecule is COC(C)(CO)COC(=O)O[C@@H](C)C(=O)O[C@@H](C)C(=O)OOC(=O)[C@@H](C)OC(=O)[C@@H](C)OC(=O)OCC(C)(CO)OC.COC1(C)COC(=O)OC1. The highest BCUT2D eigenvalue weighted by atomic mass is 17.2. The van der Waals surface area contributed by atoms with Crippen molar-refractivity contribution in [2.75, 3.05) is 61.0 Å². The number of ether oxygens (including phenoxy) is 11. The highest BCUT2D eigenvalue weighted by Gasteiger charge is 2.34. The third-order valence-electron chi connectivity index (χ3n) is 6.79. The van der Waals surface area contributed by atoms with Crippen LogP contribution in [0.1, 0.15) is 48.5 Å². The molecule has 2 unspecified atom stereocenters. The number of cyclic esters (lactones) is 2. The van der Waals surface area contributed by atoms with Gasteiger partial charge in [0.05, 0.1) is 13.2 Å². The summed E-state index contributed by atoms with van der Waals surface area (Å²) in [5, 5.41) is 18.4. The highest BCUT2D eigenvalue weighted by Crippen LogP contribution is 2.15. The Balaban J connectivity index is 0.00000221. The zero-order chi connectivity index (χ0) is 40.3. The third kappa shape index (κ3) is 17.6. The number of aliphatic hydroxyl groups excluding tert-OH is 2.